The zero-order valence-corrected chi connectivity index (χ0v) is 13.6. The van der Waals surface area contributed by atoms with Crippen molar-refractivity contribution >= 4 is 5.69 Å². The Labute approximate surface area is 128 Å². The lowest BCUT2D eigenvalue weighted by molar-refractivity contribution is 0.146. The van der Waals surface area contributed by atoms with Crippen LogP contribution in [-0.4, -0.2) is 31.3 Å². The zero-order valence-electron chi connectivity index (χ0n) is 13.6. The second-order valence-corrected chi connectivity index (χ2v) is 7.41. The minimum Gasteiger partial charge on any atom is -0.497 e. The van der Waals surface area contributed by atoms with Crippen molar-refractivity contribution in [1.82, 2.24) is 5.32 Å². The Morgan fingerprint density at radius 1 is 1.10 bits per heavy atom. The SMILES string of the molecule is COc1cccc(N2CC(C)(C)NC3(CCCCC3)C2)c1. The molecule has 3 nitrogen and oxygen atoms in total. The smallest absolute Gasteiger partial charge is 0.120 e. The van der Waals surface area contributed by atoms with Crippen LogP contribution in [0, 0.1) is 0 Å². The number of ether oxygens (including phenoxy) is 1. The Kier molecular flexibility index (Phi) is 3.87. The third-order valence-corrected chi connectivity index (χ3v) is 4.91. The zero-order chi connectivity index (χ0) is 14.9. The van der Waals surface area contributed by atoms with Gasteiger partial charge in [-0.25, -0.2) is 0 Å². The van der Waals surface area contributed by atoms with E-state index in [1.165, 1.54) is 37.8 Å². The molecule has 2 aliphatic rings. The number of piperazine rings is 1. The number of rotatable bonds is 2. The Hall–Kier alpha value is -1.22. The van der Waals surface area contributed by atoms with Gasteiger partial charge < -0.3 is 15.0 Å². The number of anilines is 1. The van der Waals surface area contributed by atoms with Crippen LogP contribution < -0.4 is 15.0 Å². The standard InChI is InChI=1S/C18H28N2O/c1-17(2)13-20(15-8-7-9-16(12-15)21-3)14-18(19-17)10-5-4-6-11-18/h7-9,12,19H,4-6,10-11,13-14H2,1-3H3. The molecule has 1 saturated carbocycles. The molecule has 0 bridgehead atoms. The van der Waals surface area contributed by atoms with Crippen LogP contribution in [0.5, 0.6) is 5.75 Å². The summed E-state index contributed by atoms with van der Waals surface area (Å²) in [5, 5.41) is 3.96. The highest BCUT2D eigenvalue weighted by atomic mass is 16.5. The van der Waals surface area contributed by atoms with Crippen molar-refractivity contribution in [3.8, 4) is 5.75 Å². The van der Waals surface area contributed by atoms with Crippen molar-refractivity contribution in [3.63, 3.8) is 0 Å². The van der Waals surface area contributed by atoms with Crippen molar-refractivity contribution in [2.45, 2.75) is 57.0 Å². The van der Waals surface area contributed by atoms with Gasteiger partial charge in [0, 0.05) is 35.9 Å². The molecular weight excluding hydrogens is 260 g/mol. The van der Waals surface area contributed by atoms with Gasteiger partial charge in [-0.15, -0.1) is 0 Å². The van der Waals surface area contributed by atoms with Crippen LogP contribution in [-0.2, 0) is 0 Å². The lowest BCUT2D eigenvalue weighted by Gasteiger charge is -2.53. The predicted molar refractivity (Wildman–Crippen MR) is 88.2 cm³/mol. The summed E-state index contributed by atoms with van der Waals surface area (Å²) in [4.78, 5) is 2.55. The Balaban J connectivity index is 1.87. The van der Waals surface area contributed by atoms with Crippen molar-refractivity contribution in [2.24, 2.45) is 0 Å². The first-order chi connectivity index (χ1) is 10.0. The molecule has 1 aliphatic heterocycles. The fraction of sp³-hybridized carbons (Fsp3) is 0.667. The molecule has 0 atom stereocenters. The van der Waals surface area contributed by atoms with Crippen molar-refractivity contribution in [3.05, 3.63) is 24.3 Å². The molecule has 116 valence electrons. The highest BCUT2D eigenvalue weighted by Gasteiger charge is 2.43. The maximum absolute atomic E-state index is 5.39. The second-order valence-electron chi connectivity index (χ2n) is 7.41. The molecule has 1 heterocycles. The first kappa shape index (κ1) is 14.7. The fourth-order valence-electron chi connectivity index (χ4n) is 4.20. The van der Waals surface area contributed by atoms with Crippen LogP contribution in [0.25, 0.3) is 0 Å². The van der Waals surface area contributed by atoms with E-state index < -0.39 is 0 Å². The molecule has 0 amide bonds. The summed E-state index contributed by atoms with van der Waals surface area (Å²) in [5.74, 6) is 0.946. The molecule has 21 heavy (non-hydrogen) atoms. The molecule has 3 rings (SSSR count). The van der Waals surface area contributed by atoms with Crippen molar-refractivity contribution in [1.29, 1.82) is 0 Å². The third kappa shape index (κ3) is 3.18. The molecule has 1 N–H and O–H groups in total. The summed E-state index contributed by atoms with van der Waals surface area (Å²) < 4.78 is 5.39. The Bertz CT molecular complexity index is 492. The Morgan fingerprint density at radius 2 is 1.86 bits per heavy atom. The second kappa shape index (κ2) is 5.53. The van der Waals surface area contributed by atoms with Gasteiger partial charge in [0.05, 0.1) is 7.11 Å². The summed E-state index contributed by atoms with van der Waals surface area (Å²) in [6, 6.07) is 8.49. The number of nitrogens with one attached hydrogen (secondary N) is 1. The van der Waals surface area contributed by atoms with Crippen LogP contribution >= 0.6 is 0 Å². The Morgan fingerprint density at radius 3 is 2.57 bits per heavy atom. The summed E-state index contributed by atoms with van der Waals surface area (Å²) in [5.41, 5.74) is 1.73. The molecule has 1 saturated heterocycles. The van der Waals surface area contributed by atoms with Gasteiger partial charge in [0.25, 0.3) is 0 Å². The van der Waals surface area contributed by atoms with E-state index in [9.17, 15) is 0 Å². The highest BCUT2D eigenvalue weighted by molar-refractivity contribution is 5.52. The van der Waals surface area contributed by atoms with Gasteiger partial charge in [-0.2, -0.15) is 0 Å². The quantitative estimate of drug-likeness (QED) is 0.900. The van der Waals surface area contributed by atoms with Gasteiger partial charge in [0.1, 0.15) is 5.75 Å². The molecule has 0 unspecified atom stereocenters. The normalized spacial score (nSPS) is 24.0. The van der Waals surface area contributed by atoms with E-state index in [2.05, 4.69) is 42.3 Å². The largest absolute Gasteiger partial charge is 0.497 e. The number of nitrogens with zero attached hydrogens (tertiary/aromatic N) is 1. The van der Waals surface area contributed by atoms with E-state index in [1.807, 2.05) is 6.07 Å². The maximum Gasteiger partial charge on any atom is 0.120 e. The summed E-state index contributed by atoms with van der Waals surface area (Å²) >= 11 is 0. The first-order valence-corrected chi connectivity index (χ1v) is 8.20. The van der Waals surface area contributed by atoms with Crippen LogP contribution in [0.1, 0.15) is 46.0 Å². The monoisotopic (exact) mass is 288 g/mol. The summed E-state index contributed by atoms with van der Waals surface area (Å²) in [6.45, 7) is 6.82. The van der Waals surface area contributed by atoms with Crippen LogP contribution in [0.4, 0.5) is 5.69 Å². The molecule has 3 heteroatoms. The minimum absolute atomic E-state index is 0.151. The van der Waals surface area contributed by atoms with Crippen molar-refractivity contribution in [2.75, 3.05) is 25.1 Å². The van der Waals surface area contributed by atoms with Gasteiger partial charge in [-0.1, -0.05) is 25.3 Å². The minimum atomic E-state index is 0.151. The summed E-state index contributed by atoms with van der Waals surface area (Å²) in [6.07, 6.45) is 6.71. The van der Waals surface area contributed by atoms with E-state index in [0.717, 1.165) is 18.8 Å². The van der Waals surface area contributed by atoms with E-state index in [0.29, 0.717) is 5.54 Å². The third-order valence-electron chi connectivity index (χ3n) is 4.91. The van der Waals surface area contributed by atoms with Gasteiger partial charge in [-0.05, 0) is 38.8 Å². The lowest BCUT2D eigenvalue weighted by atomic mass is 9.77. The molecule has 1 spiro atoms. The van der Waals surface area contributed by atoms with E-state index in [1.54, 1.807) is 7.11 Å². The fourth-order valence-corrected chi connectivity index (χ4v) is 4.20. The van der Waals surface area contributed by atoms with Crippen molar-refractivity contribution < 1.29 is 4.74 Å². The molecular formula is C18H28N2O. The molecule has 1 aliphatic carbocycles. The molecule has 1 aromatic carbocycles. The maximum atomic E-state index is 5.39. The van der Waals surface area contributed by atoms with Gasteiger partial charge in [0.2, 0.25) is 0 Å². The molecule has 0 radical (unpaired) electrons. The average molecular weight is 288 g/mol. The molecule has 2 fully saturated rings. The summed E-state index contributed by atoms with van der Waals surface area (Å²) in [7, 11) is 1.74. The van der Waals surface area contributed by atoms with Gasteiger partial charge >= 0.3 is 0 Å². The van der Waals surface area contributed by atoms with Gasteiger partial charge in [-0.3, -0.25) is 0 Å². The van der Waals surface area contributed by atoms with E-state index in [4.69, 9.17) is 4.74 Å². The van der Waals surface area contributed by atoms with Crippen LogP contribution in [0.15, 0.2) is 24.3 Å². The molecule has 1 aromatic rings. The lowest BCUT2D eigenvalue weighted by Crippen LogP contribution is -2.69. The van der Waals surface area contributed by atoms with E-state index >= 15 is 0 Å². The number of hydrogen-bond donors (Lipinski definition) is 1. The predicted octanol–water partition coefficient (Wildman–Crippen LogP) is 3.59. The number of hydrogen-bond acceptors (Lipinski definition) is 3. The average Bonchev–Trinajstić information content (AvgIpc) is 2.46. The number of benzene rings is 1. The number of methoxy groups -OCH3 is 1. The molecule has 0 aromatic heterocycles. The van der Waals surface area contributed by atoms with Gasteiger partial charge in [0.15, 0.2) is 0 Å². The highest BCUT2D eigenvalue weighted by Crippen LogP contribution is 2.36. The topological polar surface area (TPSA) is 24.5 Å². The van der Waals surface area contributed by atoms with Crippen LogP contribution in [0.3, 0.4) is 0 Å². The van der Waals surface area contributed by atoms with E-state index in [-0.39, 0.29) is 5.54 Å². The van der Waals surface area contributed by atoms with Crippen LogP contribution in [0.2, 0.25) is 0 Å². The first-order valence-electron chi connectivity index (χ1n) is 8.20.